The third-order valence-electron chi connectivity index (χ3n) is 3.68. The SMILES string of the molecule is Cc1cncc(C(=O)N2C[C@@H](O)[C@H](Oc3ccccc3)C2)c1. The minimum absolute atomic E-state index is 0.130. The Morgan fingerprint density at radius 2 is 2.05 bits per heavy atom. The fraction of sp³-hybridized carbons (Fsp3) is 0.294. The van der Waals surface area contributed by atoms with E-state index in [1.165, 1.54) is 0 Å². The third-order valence-corrected chi connectivity index (χ3v) is 3.68. The summed E-state index contributed by atoms with van der Waals surface area (Å²) in [5, 5.41) is 10.1. The number of carbonyl (C=O) groups is 1. The Balaban J connectivity index is 1.69. The van der Waals surface area contributed by atoms with Crippen LogP contribution in [0, 0.1) is 6.92 Å². The molecule has 22 heavy (non-hydrogen) atoms. The highest BCUT2D eigenvalue weighted by Gasteiger charge is 2.36. The van der Waals surface area contributed by atoms with Gasteiger partial charge in [-0.15, -0.1) is 0 Å². The summed E-state index contributed by atoms with van der Waals surface area (Å²) in [6.07, 6.45) is 2.15. The van der Waals surface area contributed by atoms with E-state index in [9.17, 15) is 9.90 Å². The quantitative estimate of drug-likeness (QED) is 0.936. The Morgan fingerprint density at radius 1 is 1.27 bits per heavy atom. The van der Waals surface area contributed by atoms with Crippen LogP contribution < -0.4 is 4.74 Å². The molecule has 0 spiro atoms. The highest BCUT2D eigenvalue weighted by atomic mass is 16.5. The van der Waals surface area contributed by atoms with Gasteiger partial charge in [0.15, 0.2) is 0 Å². The van der Waals surface area contributed by atoms with Crippen molar-refractivity contribution in [2.75, 3.05) is 13.1 Å². The van der Waals surface area contributed by atoms with E-state index in [1.807, 2.05) is 37.3 Å². The molecule has 5 heteroatoms. The van der Waals surface area contributed by atoms with Gasteiger partial charge < -0.3 is 14.7 Å². The highest BCUT2D eigenvalue weighted by molar-refractivity contribution is 5.94. The van der Waals surface area contributed by atoms with Crippen LogP contribution in [0.1, 0.15) is 15.9 Å². The van der Waals surface area contributed by atoms with Gasteiger partial charge >= 0.3 is 0 Å². The van der Waals surface area contributed by atoms with Crippen LogP contribution in [0.5, 0.6) is 5.75 Å². The van der Waals surface area contributed by atoms with Gasteiger partial charge in [0.25, 0.3) is 5.91 Å². The van der Waals surface area contributed by atoms with Crippen LogP contribution in [-0.4, -0.2) is 46.2 Å². The first-order valence-electron chi connectivity index (χ1n) is 7.24. The Labute approximate surface area is 129 Å². The lowest BCUT2D eigenvalue weighted by atomic mass is 10.2. The molecule has 5 nitrogen and oxygen atoms in total. The second kappa shape index (κ2) is 6.15. The fourth-order valence-corrected chi connectivity index (χ4v) is 2.57. The number of aliphatic hydroxyl groups is 1. The number of carbonyl (C=O) groups excluding carboxylic acids is 1. The standard InChI is InChI=1S/C17H18N2O3/c1-12-7-13(9-18-8-12)17(21)19-10-15(20)16(11-19)22-14-5-3-2-4-6-14/h2-9,15-16,20H,10-11H2,1H3/t15-,16-/m1/s1. The van der Waals surface area contributed by atoms with Crippen LogP contribution in [0.25, 0.3) is 0 Å². The van der Waals surface area contributed by atoms with Gasteiger partial charge in [-0.25, -0.2) is 0 Å². The zero-order chi connectivity index (χ0) is 15.5. The molecule has 1 saturated heterocycles. The van der Waals surface area contributed by atoms with Crippen molar-refractivity contribution < 1.29 is 14.6 Å². The van der Waals surface area contributed by atoms with Gasteiger partial charge in [0.1, 0.15) is 18.0 Å². The number of nitrogens with zero attached hydrogens (tertiary/aromatic N) is 2. The molecule has 0 saturated carbocycles. The summed E-state index contributed by atoms with van der Waals surface area (Å²) in [7, 11) is 0. The molecule has 1 aromatic heterocycles. The minimum atomic E-state index is -0.693. The van der Waals surface area contributed by atoms with E-state index < -0.39 is 12.2 Å². The summed E-state index contributed by atoms with van der Waals surface area (Å²) < 4.78 is 5.77. The van der Waals surface area contributed by atoms with E-state index in [2.05, 4.69) is 4.98 Å². The lowest BCUT2D eigenvalue weighted by Gasteiger charge is -2.17. The molecule has 1 aliphatic rings. The van der Waals surface area contributed by atoms with Crippen LogP contribution in [-0.2, 0) is 0 Å². The summed E-state index contributed by atoms with van der Waals surface area (Å²) in [5.74, 6) is 0.562. The van der Waals surface area contributed by atoms with Crippen molar-refractivity contribution in [2.45, 2.75) is 19.1 Å². The molecule has 0 aliphatic carbocycles. The van der Waals surface area contributed by atoms with Crippen molar-refractivity contribution in [3.05, 3.63) is 59.9 Å². The van der Waals surface area contributed by atoms with Crippen molar-refractivity contribution in [2.24, 2.45) is 0 Å². The molecule has 1 N–H and O–H groups in total. The van der Waals surface area contributed by atoms with E-state index in [0.29, 0.717) is 17.9 Å². The Bertz CT molecular complexity index is 660. The summed E-state index contributed by atoms with van der Waals surface area (Å²) >= 11 is 0. The molecule has 114 valence electrons. The molecule has 3 rings (SSSR count). The summed E-state index contributed by atoms with van der Waals surface area (Å²) in [5.41, 5.74) is 1.47. The maximum absolute atomic E-state index is 12.5. The average Bonchev–Trinajstić information content (AvgIpc) is 2.88. The number of aromatic nitrogens is 1. The molecule has 1 aromatic carbocycles. The van der Waals surface area contributed by atoms with Crippen LogP contribution in [0.4, 0.5) is 0 Å². The molecule has 0 bridgehead atoms. The van der Waals surface area contributed by atoms with Gasteiger partial charge in [-0.05, 0) is 30.7 Å². The second-order valence-corrected chi connectivity index (χ2v) is 5.50. The average molecular weight is 298 g/mol. The number of benzene rings is 1. The first-order chi connectivity index (χ1) is 10.6. The molecule has 2 aromatic rings. The smallest absolute Gasteiger partial charge is 0.255 e. The zero-order valence-corrected chi connectivity index (χ0v) is 12.3. The first kappa shape index (κ1) is 14.5. The summed E-state index contributed by atoms with van der Waals surface area (Å²) in [6.45, 7) is 2.52. The van der Waals surface area contributed by atoms with E-state index in [-0.39, 0.29) is 12.5 Å². The molecule has 0 unspecified atom stereocenters. The highest BCUT2D eigenvalue weighted by Crippen LogP contribution is 2.20. The molecule has 2 heterocycles. The number of rotatable bonds is 3. The monoisotopic (exact) mass is 298 g/mol. The first-order valence-corrected chi connectivity index (χ1v) is 7.24. The van der Waals surface area contributed by atoms with Gasteiger partial charge in [0.2, 0.25) is 0 Å². The lowest BCUT2D eigenvalue weighted by Crippen LogP contribution is -2.31. The van der Waals surface area contributed by atoms with Gasteiger partial charge in [-0.3, -0.25) is 9.78 Å². The van der Waals surface area contributed by atoms with Crippen LogP contribution in [0.2, 0.25) is 0 Å². The number of hydrogen-bond donors (Lipinski definition) is 1. The topological polar surface area (TPSA) is 62.7 Å². The molecule has 2 atom stereocenters. The number of para-hydroxylation sites is 1. The summed E-state index contributed by atoms with van der Waals surface area (Å²) in [4.78, 5) is 18.1. The van der Waals surface area contributed by atoms with Crippen molar-refractivity contribution in [3.63, 3.8) is 0 Å². The molecule has 1 fully saturated rings. The largest absolute Gasteiger partial charge is 0.486 e. The Hall–Kier alpha value is -2.40. The minimum Gasteiger partial charge on any atom is -0.486 e. The lowest BCUT2D eigenvalue weighted by molar-refractivity contribution is 0.0729. The van der Waals surface area contributed by atoms with Gasteiger partial charge in [0, 0.05) is 12.4 Å². The number of pyridine rings is 1. The fourth-order valence-electron chi connectivity index (χ4n) is 2.57. The zero-order valence-electron chi connectivity index (χ0n) is 12.3. The number of β-amino-alcohol motifs (C(OH)–C–C–N with tert-alkyl or cyclic N) is 1. The predicted octanol–water partition coefficient (Wildman–Crippen LogP) is 1.65. The van der Waals surface area contributed by atoms with Gasteiger partial charge in [0.05, 0.1) is 18.7 Å². The molecular formula is C17H18N2O3. The van der Waals surface area contributed by atoms with E-state index in [4.69, 9.17) is 4.74 Å². The molecular weight excluding hydrogens is 280 g/mol. The maximum atomic E-state index is 12.5. The Morgan fingerprint density at radius 3 is 2.77 bits per heavy atom. The Kier molecular flexibility index (Phi) is 4.06. The number of ether oxygens (including phenoxy) is 1. The second-order valence-electron chi connectivity index (χ2n) is 5.50. The summed E-state index contributed by atoms with van der Waals surface area (Å²) in [6, 6.07) is 11.1. The molecule has 0 radical (unpaired) electrons. The number of amides is 1. The number of hydrogen-bond acceptors (Lipinski definition) is 4. The van der Waals surface area contributed by atoms with Crippen molar-refractivity contribution in [1.29, 1.82) is 0 Å². The van der Waals surface area contributed by atoms with Crippen molar-refractivity contribution in [1.82, 2.24) is 9.88 Å². The molecule has 1 aliphatic heterocycles. The van der Waals surface area contributed by atoms with Crippen LogP contribution in [0.15, 0.2) is 48.8 Å². The van der Waals surface area contributed by atoms with Crippen LogP contribution in [0.3, 0.4) is 0 Å². The van der Waals surface area contributed by atoms with Crippen molar-refractivity contribution in [3.8, 4) is 5.75 Å². The van der Waals surface area contributed by atoms with E-state index in [1.54, 1.807) is 23.4 Å². The number of aliphatic hydroxyl groups excluding tert-OH is 1. The van der Waals surface area contributed by atoms with E-state index in [0.717, 1.165) is 5.56 Å². The van der Waals surface area contributed by atoms with Gasteiger partial charge in [-0.1, -0.05) is 18.2 Å². The van der Waals surface area contributed by atoms with Gasteiger partial charge in [-0.2, -0.15) is 0 Å². The maximum Gasteiger partial charge on any atom is 0.255 e. The van der Waals surface area contributed by atoms with E-state index >= 15 is 0 Å². The third kappa shape index (κ3) is 3.09. The normalized spacial score (nSPS) is 20.9. The number of likely N-dealkylation sites (tertiary alicyclic amines) is 1. The number of aryl methyl sites for hydroxylation is 1. The molecule has 1 amide bonds. The predicted molar refractivity (Wildman–Crippen MR) is 81.7 cm³/mol. The van der Waals surface area contributed by atoms with Crippen LogP contribution >= 0.6 is 0 Å². The van der Waals surface area contributed by atoms with Crippen molar-refractivity contribution >= 4 is 5.91 Å².